The van der Waals surface area contributed by atoms with E-state index in [1.165, 1.54) is 6.20 Å². The van der Waals surface area contributed by atoms with Crippen molar-refractivity contribution in [3.8, 4) is 22.6 Å². The van der Waals surface area contributed by atoms with E-state index in [-0.39, 0.29) is 6.04 Å². The molecule has 4 aromatic heterocycles. The quantitative estimate of drug-likeness (QED) is 0.413. The first-order valence-corrected chi connectivity index (χ1v) is 10.9. The predicted molar refractivity (Wildman–Crippen MR) is 125 cm³/mol. The zero-order chi connectivity index (χ0) is 22.4. The van der Waals surface area contributed by atoms with Gasteiger partial charge in [0.2, 0.25) is 5.95 Å². The number of hydrogen-bond acceptors (Lipinski definition) is 6. The summed E-state index contributed by atoms with van der Waals surface area (Å²) in [6.45, 7) is 4.00. The fourth-order valence-electron chi connectivity index (χ4n) is 4.37. The zero-order valence-corrected chi connectivity index (χ0v) is 18.0. The molecule has 0 bridgehead atoms. The Morgan fingerprint density at radius 1 is 1.03 bits per heavy atom. The van der Waals surface area contributed by atoms with Crippen LogP contribution in [0.5, 0.6) is 0 Å². The molecule has 0 amide bonds. The van der Waals surface area contributed by atoms with E-state index in [0.29, 0.717) is 47.9 Å². The van der Waals surface area contributed by atoms with Crippen molar-refractivity contribution in [1.29, 1.82) is 0 Å². The summed E-state index contributed by atoms with van der Waals surface area (Å²) >= 11 is 0. The lowest BCUT2D eigenvalue weighted by Gasteiger charge is -2.34. The van der Waals surface area contributed by atoms with Crippen LogP contribution in [0.3, 0.4) is 0 Å². The van der Waals surface area contributed by atoms with Crippen LogP contribution in [0.4, 0.5) is 10.2 Å². The monoisotopic (exact) mass is 440 g/mol. The minimum atomic E-state index is -0.553. The Morgan fingerprint density at radius 3 is 2.82 bits per heavy atom. The molecule has 1 saturated heterocycles. The predicted octanol–water partition coefficient (Wildman–Crippen LogP) is 4.60. The molecule has 0 aliphatic carbocycles. The second-order valence-electron chi connectivity index (χ2n) is 8.14. The van der Waals surface area contributed by atoms with Crippen LogP contribution in [0.1, 0.15) is 6.92 Å². The fraction of sp³-hybridized carbons (Fsp3) is 0.200. The summed E-state index contributed by atoms with van der Waals surface area (Å²) < 4.78 is 20.0. The summed E-state index contributed by atoms with van der Waals surface area (Å²) in [6, 6.07) is 15.2. The van der Waals surface area contributed by atoms with Gasteiger partial charge in [-0.25, -0.2) is 19.9 Å². The Kier molecular flexibility index (Phi) is 4.73. The van der Waals surface area contributed by atoms with Gasteiger partial charge in [0.05, 0.1) is 36.0 Å². The third-order valence-electron chi connectivity index (χ3n) is 6.03. The average molecular weight is 440 g/mol. The highest BCUT2D eigenvalue weighted by Crippen LogP contribution is 2.33. The van der Waals surface area contributed by atoms with E-state index < -0.39 is 5.95 Å². The highest BCUT2D eigenvalue weighted by Gasteiger charge is 2.25. The van der Waals surface area contributed by atoms with Crippen LogP contribution in [0.15, 0.2) is 60.9 Å². The molecule has 1 fully saturated rings. The maximum absolute atomic E-state index is 14.4. The van der Waals surface area contributed by atoms with E-state index in [4.69, 9.17) is 19.7 Å². The van der Waals surface area contributed by atoms with Crippen molar-refractivity contribution in [2.24, 2.45) is 0 Å². The first-order valence-electron chi connectivity index (χ1n) is 10.9. The minimum Gasteiger partial charge on any atom is -0.377 e. The summed E-state index contributed by atoms with van der Waals surface area (Å²) in [6.07, 6.45) is 3.34. The van der Waals surface area contributed by atoms with E-state index >= 15 is 0 Å². The molecule has 5 heterocycles. The van der Waals surface area contributed by atoms with Gasteiger partial charge in [0, 0.05) is 35.4 Å². The average Bonchev–Trinajstić information content (AvgIpc) is 3.33. The fourth-order valence-corrected chi connectivity index (χ4v) is 4.37. The van der Waals surface area contributed by atoms with Crippen LogP contribution in [0.2, 0.25) is 0 Å². The minimum absolute atomic E-state index is 0.119. The molecular weight excluding hydrogens is 419 g/mol. The number of fused-ring (bicyclic) bond motifs is 2. The van der Waals surface area contributed by atoms with Crippen LogP contribution in [-0.4, -0.2) is 50.7 Å². The number of rotatable bonds is 3. The number of pyridine rings is 2. The number of aromatic amines is 1. The standard InChI is InChI=1S/C25H21FN6O/c1-15-14-33-13-12-32(15)25-22-21(8-7-20(29-22)18-5-3-10-28-23(18)26)30-24(31-25)17-4-2-6-19-16(17)9-11-27-19/h2-11,15,27H,12-14H2,1H3/t15-/m1/s1. The molecule has 8 heteroatoms. The molecular formula is C25H21FN6O. The van der Waals surface area contributed by atoms with Gasteiger partial charge in [-0.3, -0.25) is 0 Å². The third kappa shape index (κ3) is 3.39. The molecule has 164 valence electrons. The Morgan fingerprint density at radius 2 is 1.94 bits per heavy atom. The van der Waals surface area contributed by atoms with Gasteiger partial charge in [-0.15, -0.1) is 0 Å². The van der Waals surface area contributed by atoms with Crippen molar-refractivity contribution in [1.82, 2.24) is 24.9 Å². The number of morpholine rings is 1. The van der Waals surface area contributed by atoms with Crippen molar-refractivity contribution in [3.05, 3.63) is 66.9 Å². The van der Waals surface area contributed by atoms with Crippen LogP contribution >= 0.6 is 0 Å². The summed E-state index contributed by atoms with van der Waals surface area (Å²) in [5.74, 6) is 0.801. The number of benzene rings is 1. The van der Waals surface area contributed by atoms with Crippen molar-refractivity contribution in [3.63, 3.8) is 0 Å². The summed E-state index contributed by atoms with van der Waals surface area (Å²) in [5, 5.41) is 1.06. The molecule has 7 nitrogen and oxygen atoms in total. The molecule has 0 radical (unpaired) electrons. The van der Waals surface area contributed by atoms with E-state index in [9.17, 15) is 4.39 Å². The summed E-state index contributed by atoms with van der Waals surface area (Å²) in [7, 11) is 0. The number of aromatic nitrogens is 5. The van der Waals surface area contributed by atoms with Crippen molar-refractivity contribution in [2.45, 2.75) is 13.0 Å². The number of hydrogen-bond donors (Lipinski definition) is 1. The Labute approximate surface area is 189 Å². The van der Waals surface area contributed by atoms with Gasteiger partial charge >= 0.3 is 0 Å². The van der Waals surface area contributed by atoms with E-state index in [1.807, 2.05) is 36.5 Å². The maximum atomic E-state index is 14.4. The molecule has 6 rings (SSSR count). The first-order chi connectivity index (χ1) is 16.2. The molecule has 0 unspecified atom stereocenters. The molecule has 1 aromatic carbocycles. The van der Waals surface area contributed by atoms with Crippen LogP contribution in [-0.2, 0) is 4.74 Å². The van der Waals surface area contributed by atoms with Crippen molar-refractivity contribution < 1.29 is 9.13 Å². The second kappa shape index (κ2) is 7.90. The van der Waals surface area contributed by atoms with Crippen molar-refractivity contribution in [2.75, 3.05) is 24.7 Å². The Hall–Kier alpha value is -3.91. The number of H-pyrrole nitrogens is 1. The van der Waals surface area contributed by atoms with Gasteiger partial charge in [-0.1, -0.05) is 12.1 Å². The maximum Gasteiger partial charge on any atom is 0.222 e. The van der Waals surface area contributed by atoms with Gasteiger partial charge < -0.3 is 14.6 Å². The number of halogens is 1. The molecule has 0 spiro atoms. The largest absolute Gasteiger partial charge is 0.377 e. The van der Waals surface area contributed by atoms with Crippen LogP contribution < -0.4 is 4.90 Å². The van der Waals surface area contributed by atoms with Gasteiger partial charge in [-0.2, -0.15) is 4.39 Å². The van der Waals surface area contributed by atoms with Crippen LogP contribution in [0.25, 0.3) is 44.6 Å². The molecule has 1 aliphatic rings. The van der Waals surface area contributed by atoms with Gasteiger partial charge in [0.25, 0.3) is 0 Å². The molecule has 33 heavy (non-hydrogen) atoms. The van der Waals surface area contributed by atoms with Crippen molar-refractivity contribution >= 4 is 27.8 Å². The first kappa shape index (κ1) is 19.8. The van der Waals surface area contributed by atoms with E-state index in [1.54, 1.807) is 18.2 Å². The lowest BCUT2D eigenvalue weighted by atomic mass is 10.1. The molecule has 1 N–H and O–H groups in total. The Bertz CT molecular complexity index is 1480. The number of anilines is 1. The normalized spacial score (nSPS) is 16.5. The summed E-state index contributed by atoms with van der Waals surface area (Å²) in [5.41, 5.74) is 4.16. The molecule has 1 aliphatic heterocycles. The molecule has 0 saturated carbocycles. The van der Waals surface area contributed by atoms with Gasteiger partial charge in [-0.05, 0) is 43.3 Å². The SMILES string of the molecule is C[C@@H]1COCCN1c1nc(-c2cccc3[nH]ccc23)nc2ccc(-c3cccnc3F)nc12. The zero-order valence-electron chi connectivity index (χ0n) is 18.0. The third-order valence-corrected chi connectivity index (χ3v) is 6.03. The second-order valence-corrected chi connectivity index (χ2v) is 8.14. The molecule has 1 atom stereocenters. The summed E-state index contributed by atoms with van der Waals surface area (Å²) in [4.78, 5) is 23.9. The number of ether oxygens (including phenoxy) is 1. The Balaban J connectivity index is 1.60. The lowest BCUT2D eigenvalue weighted by Crippen LogP contribution is -2.44. The smallest absolute Gasteiger partial charge is 0.222 e. The highest BCUT2D eigenvalue weighted by molar-refractivity contribution is 5.96. The van der Waals surface area contributed by atoms with Gasteiger partial charge in [0.1, 0.15) is 5.52 Å². The van der Waals surface area contributed by atoms with E-state index in [0.717, 1.165) is 22.3 Å². The topological polar surface area (TPSA) is 79.8 Å². The number of nitrogens with one attached hydrogen (secondary N) is 1. The highest BCUT2D eigenvalue weighted by atomic mass is 19.1. The molecule has 5 aromatic rings. The van der Waals surface area contributed by atoms with E-state index in [2.05, 4.69) is 21.8 Å². The van der Waals surface area contributed by atoms with Gasteiger partial charge in [0.15, 0.2) is 11.6 Å². The lowest BCUT2D eigenvalue weighted by molar-refractivity contribution is 0.0987. The number of nitrogens with zero attached hydrogens (tertiary/aromatic N) is 5. The van der Waals surface area contributed by atoms with Crippen LogP contribution in [0, 0.1) is 5.95 Å².